The molecule has 1 amide bonds. The molecule has 0 radical (unpaired) electrons. The summed E-state index contributed by atoms with van der Waals surface area (Å²) in [5, 5.41) is 0. The Kier molecular flexibility index (Phi) is 2.30. The second kappa shape index (κ2) is 2.95. The molecule has 5 heteroatoms. The van der Waals surface area contributed by atoms with Gasteiger partial charge in [0, 0.05) is 12.6 Å². The minimum absolute atomic E-state index is 0.142. The van der Waals surface area contributed by atoms with E-state index >= 15 is 0 Å². The van der Waals surface area contributed by atoms with Crippen molar-refractivity contribution in [2.24, 2.45) is 0 Å². The van der Waals surface area contributed by atoms with Crippen molar-refractivity contribution >= 4 is 5.91 Å². The number of halogens is 3. The fourth-order valence-electron chi connectivity index (χ4n) is 1.12. The summed E-state index contributed by atoms with van der Waals surface area (Å²) in [6.07, 6.45) is -3.30. The maximum atomic E-state index is 11.9. The quantitative estimate of drug-likeness (QED) is 0.633. The molecule has 0 aromatic carbocycles. The van der Waals surface area contributed by atoms with Gasteiger partial charge in [-0.05, 0) is 19.8 Å². The molecule has 1 saturated carbocycles. The Balaban J connectivity index is 2.59. The first-order chi connectivity index (χ1) is 5.46. The Morgan fingerprint density at radius 3 is 2.25 bits per heavy atom. The molecule has 0 N–H and O–H groups in total. The second-order valence-electron chi connectivity index (χ2n) is 2.82. The lowest BCUT2D eigenvalue weighted by atomic mass is 10.4. The maximum Gasteiger partial charge on any atom is 0.471 e. The van der Waals surface area contributed by atoms with E-state index in [2.05, 4.69) is 0 Å². The smallest absolute Gasteiger partial charge is 0.332 e. The van der Waals surface area contributed by atoms with E-state index in [0.717, 1.165) is 4.90 Å². The molecule has 0 atom stereocenters. The standard InChI is InChI=1S/C7H10F3NO/c1-2-11(5-3-4-5)6(12)7(8,9)10/h5H,2-4H2,1H3. The zero-order valence-electron chi connectivity index (χ0n) is 6.69. The molecule has 0 bridgehead atoms. The molecule has 0 aromatic heterocycles. The fraction of sp³-hybridized carbons (Fsp3) is 0.857. The summed E-state index contributed by atoms with van der Waals surface area (Å²) in [5.74, 6) is -1.70. The predicted octanol–water partition coefficient (Wildman–Crippen LogP) is 1.56. The second-order valence-corrected chi connectivity index (χ2v) is 2.82. The van der Waals surface area contributed by atoms with Crippen LogP contribution in [-0.4, -0.2) is 29.6 Å². The molecule has 0 saturated heterocycles. The summed E-state index contributed by atoms with van der Waals surface area (Å²) in [4.78, 5) is 11.6. The lowest BCUT2D eigenvalue weighted by Gasteiger charge is -2.21. The molecule has 1 aliphatic carbocycles. The van der Waals surface area contributed by atoms with Gasteiger partial charge >= 0.3 is 12.1 Å². The molecule has 0 spiro atoms. The molecular formula is C7H10F3NO. The van der Waals surface area contributed by atoms with Crippen LogP contribution >= 0.6 is 0 Å². The van der Waals surface area contributed by atoms with Gasteiger partial charge in [0.2, 0.25) is 0 Å². The van der Waals surface area contributed by atoms with Crippen LogP contribution in [0.3, 0.4) is 0 Å². The van der Waals surface area contributed by atoms with Gasteiger partial charge in [0.25, 0.3) is 0 Å². The van der Waals surface area contributed by atoms with Gasteiger partial charge in [-0.1, -0.05) is 0 Å². The molecule has 0 aromatic rings. The van der Waals surface area contributed by atoms with Crippen molar-refractivity contribution in [3.8, 4) is 0 Å². The summed E-state index contributed by atoms with van der Waals surface area (Å²) >= 11 is 0. The van der Waals surface area contributed by atoms with Crippen molar-refractivity contribution in [1.82, 2.24) is 4.90 Å². The van der Waals surface area contributed by atoms with Crippen LogP contribution in [0.4, 0.5) is 13.2 Å². The van der Waals surface area contributed by atoms with Gasteiger partial charge in [0.15, 0.2) is 0 Å². The number of hydrogen-bond acceptors (Lipinski definition) is 1. The van der Waals surface area contributed by atoms with Crippen LogP contribution in [0.25, 0.3) is 0 Å². The van der Waals surface area contributed by atoms with E-state index in [1.54, 1.807) is 6.92 Å². The van der Waals surface area contributed by atoms with Crippen molar-refractivity contribution in [3.63, 3.8) is 0 Å². The van der Waals surface area contributed by atoms with Crippen LogP contribution in [0.5, 0.6) is 0 Å². The first-order valence-electron chi connectivity index (χ1n) is 3.84. The number of hydrogen-bond donors (Lipinski definition) is 0. The van der Waals surface area contributed by atoms with E-state index in [-0.39, 0.29) is 12.6 Å². The molecule has 12 heavy (non-hydrogen) atoms. The third-order valence-electron chi connectivity index (χ3n) is 1.83. The highest BCUT2D eigenvalue weighted by atomic mass is 19.4. The first kappa shape index (κ1) is 9.35. The van der Waals surface area contributed by atoms with Gasteiger partial charge in [0.1, 0.15) is 0 Å². The lowest BCUT2D eigenvalue weighted by molar-refractivity contribution is -0.185. The van der Waals surface area contributed by atoms with E-state index in [1.807, 2.05) is 0 Å². The number of carbonyl (C=O) groups is 1. The Morgan fingerprint density at radius 1 is 1.50 bits per heavy atom. The number of nitrogens with zero attached hydrogens (tertiary/aromatic N) is 1. The maximum absolute atomic E-state index is 11.9. The summed E-state index contributed by atoms with van der Waals surface area (Å²) in [5.41, 5.74) is 0. The van der Waals surface area contributed by atoms with Gasteiger partial charge in [-0.2, -0.15) is 13.2 Å². The summed E-state index contributed by atoms with van der Waals surface area (Å²) in [7, 11) is 0. The average Bonchev–Trinajstić information content (AvgIpc) is 2.70. The lowest BCUT2D eigenvalue weighted by Crippen LogP contribution is -2.42. The molecule has 2 nitrogen and oxygen atoms in total. The van der Waals surface area contributed by atoms with Crippen molar-refractivity contribution in [3.05, 3.63) is 0 Å². The van der Waals surface area contributed by atoms with E-state index < -0.39 is 12.1 Å². The molecule has 0 unspecified atom stereocenters. The van der Waals surface area contributed by atoms with E-state index in [0.29, 0.717) is 12.8 Å². The molecule has 1 fully saturated rings. The third-order valence-corrected chi connectivity index (χ3v) is 1.83. The topological polar surface area (TPSA) is 20.3 Å². The van der Waals surface area contributed by atoms with Crippen LogP contribution in [0, 0.1) is 0 Å². The molecule has 0 aliphatic heterocycles. The summed E-state index contributed by atoms with van der Waals surface area (Å²) in [6.45, 7) is 1.70. The van der Waals surface area contributed by atoms with Crippen LogP contribution in [0.2, 0.25) is 0 Å². The molecule has 70 valence electrons. The SMILES string of the molecule is CCN(C(=O)C(F)(F)F)C1CC1. The largest absolute Gasteiger partial charge is 0.471 e. The Labute approximate surface area is 68.3 Å². The van der Waals surface area contributed by atoms with Crippen molar-refractivity contribution in [2.75, 3.05) is 6.54 Å². The van der Waals surface area contributed by atoms with Crippen molar-refractivity contribution < 1.29 is 18.0 Å². The van der Waals surface area contributed by atoms with Crippen molar-refractivity contribution in [1.29, 1.82) is 0 Å². The monoisotopic (exact) mass is 181 g/mol. The average molecular weight is 181 g/mol. The van der Waals surface area contributed by atoms with Crippen molar-refractivity contribution in [2.45, 2.75) is 32.0 Å². The highest BCUT2D eigenvalue weighted by Crippen LogP contribution is 2.30. The first-order valence-corrected chi connectivity index (χ1v) is 3.84. The van der Waals surface area contributed by atoms with Gasteiger partial charge in [-0.15, -0.1) is 0 Å². The Hall–Kier alpha value is -0.740. The fourth-order valence-corrected chi connectivity index (χ4v) is 1.12. The number of rotatable bonds is 2. The normalized spacial score (nSPS) is 17.7. The van der Waals surface area contributed by atoms with Gasteiger partial charge < -0.3 is 4.90 Å². The third kappa shape index (κ3) is 1.89. The van der Waals surface area contributed by atoms with Crippen LogP contribution in [0.1, 0.15) is 19.8 Å². The zero-order chi connectivity index (χ0) is 9.35. The van der Waals surface area contributed by atoms with Gasteiger partial charge in [0.05, 0.1) is 0 Å². The van der Waals surface area contributed by atoms with Gasteiger partial charge in [-0.25, -0.2) is 0 Å². The molecule has 1 rings (SSSR count). The van der Waals surface area contributed by atoms with Gasteiger partial charge in [-0.3, -0.25) is 4.79 Å². The molecule has 0 heterocycles. The Morgan fingerprint density at radius 2 is 2.00 bits per heavy atom. The summed E-state index contributed by atoms with van der Waals surface area (Å²) < 4.78 is 35.6. The number of amides is 1. The highest BCUT2D eigenvalue weighted by Gasteiger charge is 2.46. The molecule has 1 aliphatic rings. The number of carbonyl (C=O) groups excluding carboxylic acids is 1. The van der Waals surface area contributed by atoms with E-state index in [1.165, 1.54) is 0 Å². The minimum Gasteiger partial charge on any atom is -0.332 e. The van der Waals surface area contributed by atoms with Crippen LogP contribution < -0.4 is 0 Å². The molecular weight excluding hydrogens is 171 g/mol. The highest BCUT2D eigenvalue weighted by molar-refractivity contribution is 5.82. The van der Waals surface area contributed by atoms with E-state index in [9.17, 15) is 18.0 Å². The summed E-state index contributed by atoms with van der Waals surface area (Å²) in [6, 6.07) is -0.163. The minimum atomic E-state index is -4.71. The number of alkyl halides is 3. The predicted molar refractivity (Wildman–Crippen MR) is 36.5 cm³/mol. The van der Waals surface area contributed by atoms with Crippen LogP contribution in [0.15, 0.2) is 0 Å². The van der Waals surface area contributed by atoms with Crippen LogP contribution in [-0.2, 0) is 4.79 Å². The van der Waals surface area contributed by atoms with E-state index in [4.69, 9.17) is 0 Å². The Bertz CT molecular complexity index is 186. The zero-order valence-corrected chi connectivity index (χ0v) is 6.69.